The van der Waals surface area contributed by atoms with Crippen LogP contribution in [-0.4, -0.2) is 23.4 Å². The molecule has 2 atom stereocenters. The zero-order valence-electron chi connectivity index (χ0n) is 10.7. The maximum Gasteiger partial charge on any atom is 0.0879 e. The Bertz CT molecular complexity index is 302. The Morgan fingerprint density at radius 1 is 1.18 bits per heavy atom. The predicted octanol–water partition coefficient (Wildman–Crippen LogP) is 2.78. The summed E-state index contributed by atoms with van der Waals surface area (Å²) in [5.74, 6) is 0. The first kappa shape index (κ1) is 12.9. The molecule has 0 aromatic rings. The largest absolute Gasteiger partial charge is 0.388 e. The van der Waals surface area contributed by atoms with Gasteiger partial charge < -0.3 is 9.84 Å². The van der Waals surface area contributed by atoms with Gasteiger partial charge in [0.05, 0.1) is 23.2 Å². The van der Waals surface area contributed by atoms with Gasteiger partial charge in [-0.1, -0.05) is 25.7 Å². The SMILES string of the molecule is CC1CC(O)(C2(C#N)CCCCCC2)CCO1. The first-order chi connectivity index (χ1) is 8.12. The second kappa shape index (κ2) is 4.96. The summed E-state index contributed by atoms with van der Waals surface area (Å²) in [6, 6.07) is 2.48. The van der Waals surface area contributed by atoms with Gasteiger partial charge >= 0.3 is 0 Å². The van der Waals surface area contributed by atoms with Crippen LogP contribution in [-0.2, 0) is 4.74 Å². The third kappa shape index (κ3) is 2.34. The van der Waals surface area contributed by atoms with Crippen LogP contribution >= 0.6 is 0 Å². The van der Waals surface area contributed by atoms with Crippen molar-refractivity contribution in [1.82, 2.24) is 0 Å². The number of hydrogen-bond donors (Lipinski definition) is 1. The van der Waals surface area contributed by atoms with E-state index in [1.165, 1.54) is 12.8 Å². The monoisotopic (exact) mass is 237 g/mol. The first-order valence-corrected chi connectivity index (χ1v) is 6.87. The summed E-state index contributed by atoms with van der Waals surface area (Å²) in [6.07, 6.45) is 7.56. The van der Waals surface area contributed by atoms with Crippen LogP contribution in [0.25, 0.3) is 0 Å². The topological polar surface area (TPSA) is 53.2 Å². The molecule has 1 saturated heterocycles. The lowest BCUT2D eigenvalue weighted by atomic mass is 9.64. The molecule has 2 unspecified atom stereocenters. The molecule has 3 nitrogen and oxygen atoms in total. The van der Waals surface area contributed by atoms with Gasteiger partial charge in [-0.15, -0.1) is 0 Å². The molecule has 2 rings (SSSR count). The molecule has 0 aromatic carbocycles. The van der Waals surface area contributed by atoms with Gasteiger partial charge in [-0.2, -0.15) is 5.26 Å². The molecule has 1 aliphatic heterocycles. The van der Waals surface area contributed by atoms with E-state index < -0.39 is 11.0 Å². The van der Waals surface area contributed by atoms with Gasteiger partial charge in [-0.3, -0.25) is 0 Å². The van der Waals surface area contributed by atoms with Crippen molar-refractivity contribution >= 4 is 0 Å². The Balaban J connectivity index is 2.23. The summed E-state index contributed by atoms with van der Waals surface area (Å²) < 4.78 is 5.52. The Hall–Kier alpha value is -0.590. The van der Waals surface area contributed by atoms with Gasteiger partial charge in [0.15, 0.2) is 0 Å². The lowest BCUT2D eigenvalue weighted by Gasteiger charge is -2.46. The fourth-order valence-corrected chi connectivity index (χ4v) is 3.51. The van der Waals surface area contributed by atoms with Crippen LogP contribution in [0, 0.1) is 16.7 Å². The predicted molar refractivity (Wildman–Crippen MR) is 65.3 cm³/mol. The van der Waals surface area contributed by atoms with E-state index in [1.54, 1.807) is 0 Å². The van der Waals surface area contributed by atoms with Crippen LogP contribution in [0.2, 0.25) is 0 Å². The van der Waals surface area contributed by atoms with E-state index >= 15 is 0 Å². The van der Waals surface area contributed by atoms with Crippen molar-refractivity contribution in [3.05, 3.63) is 0 Å². The Kier molecular flexibility index (Phi) is 3.75. The average Bonchev–Trinajstić information content (AvgIpc) is 2.55. The minimum Gasteiger partial charge on any atom is -0.388 e. The van der Waals surface area contributed by atoms with Crippen molar-refractivity contribution in [1.29, 1.82) is 5.26 Å². The molecular weight excluding hydrogens is 214 g/mol. The molecule has 0 spiro atoms. The molecule has 1 N–H and O–H groups in total. The Morgan fingerprint density at radius 2 is 1.82 bits per heavy atom. The van der Waals surface area contributed by atoms with Crippen molar-refractivity contribution < 1.29 is 9.84 Å². The maximum absolute atomic E-state index is 10.9. The molecule has 17 heavy (non-hydrogen) atoms. The minimum absolute atomic E-state index is 0.0715. The number of rotatable bonds is 1. The van der Waals surface area contributed by atoms with Crippen molar-refractivity contribution in [3.63, 3.8) is 0 Å². The molecule has 1 heterocycles. The molecule has 0 amide bonds. The summed E-state index contributed by atoms with van der Waals surface area (Å²) in [6.45, 7) is 2.58. The van der Waals surface area contributed by atoms with Crippen LogP contribution < -0.4 is 0 Å². The third-order valence-electron chi connectivity index (χ3n) is 4.61. The zero-order chi connectivity index (χ0) is 12.4. The maximum atomic E-state index is 10.9. The quantitative estimate of drug-likeness (QED) is 0.713. The van der Waals surface area contributed by atoms with E-state index in [1.807, 2.05) is 6.92 Å². The van der Waals surface area contributed by atoms with Crippen molar-refractivity contribution in [2.45, 2.75) is 70.0 Å². The fourth-order valence-electron chi connectivity index (χ4n) is 3.51. The Labute approximate surface area is 104 Å². The lowest BCUT2D eigenvalue weighted by Crippen LogP contribution is -2.52. The molecule has 3 heteroatoms. The van der Waals surface area contributed by atoms with E-state index in [4.69, 9.17) is 4.74 Å². The molecule has 2 fully saturated rings. The normalized spacial score (nSPS) is 38.1. The molecule has 0 radical (unpaired) electrons. The molecule has 1 saturated carbocycles. The molecule has 0 aromatic heterocycles. The van der Waals surface area contributed by atoms with Gasteiger partial charge in [-0.05, 0) is 19.8 Å². The van der Waals surface area contributed by atoms with E-state index in [-0.39, 0.29) is 6.10 Å². The van der Waals surface area contributed by atoms with Crippen LogP contribution in [0.4, 0.5) is 0 Å². The molecule has 2 aliphatic rings. The van der Waals surface area contributed by atoms with Crippen molar-refractivity contribution in [2.24, 2.45) is 5.41 Å². The van der Waals surface area contributed by atoms with Gasteiger partial charge in [-0.25, -0.2) is 0 Å². The summed E-state index contributed by atoms with van der Waals surface area (Å²) in [7, 11) is 0. The van der Waals surface area contributed by atoms with Gasteiger partial charge in [0.25, 0.3) is 0 Å². The molecule has 1 aliphatic carbocycles. The van der Waals surface area contributed by atoms with Crippen LogP contribution in [0.1, 0.15) is 58.3 Å². The number of nitriles is 1. The average molecular weight is 237 g/mol. The number of hydrogen-bond acceptors (Lipinski definition) is 3. The number of aliphatic hydroxyl groups is 1. The van der Waals surface area contributed by atoms with Crippen molar-refractivity contribution in [2.75, 3.05) is 6.61 Å². The van der Waals surface area contributed by atoms with E-state index in [0.717, 1.165) is 25.7 Å². The van der Waals surface area contributed by atoms with E-state index in [2.05, 4.69) is 6.07 Å². The van der Waals surface area contributed by atoms with Gasteiger partial charge in [0.1, 0.15) is 0 Å². The van der Waals surface area contributed by atoms with Crippen LogP contribution in [0.3, 0.4) is 0 Å². The first-order valence-electron chi connectivity index (χ1n) is 6.87. The summed E-state index contributed by atoms with van der Waals surface area (Å²) >= 11 is 0. The summed E-state index contributed by atoms with van der Waals surface area (Å²) in [4.78, 5) is 0. The standard InChI is InChI=1S/C14H23NO2/c1-12-10-14(16,8-9-17-12)13(11-15)6-4-2-3-5-7-13/h12,16H,2-10H2,1H3. The highest BCUT2D eigenvalue weighted by Crippen LogP contribution is 2.48. The van der Waals surface area contributed by atoms with Gasteiger partial charge in [0.2, 0.25) is 0 Å². The zero-order valence-corrected chi connectivity index (χ0v) is 10.7. The fraction of sp³-hybridized carbons (Fsp3) is 0.929. The second-order valence-corrected chi connectivity index (χ2v) is 5.78. The molecular formula is C14H23NO2. The molecule has 96 valence electrons. The number of ether oxygens (including phenoxy) is 1. The smallest absolute Gasteiger partial charge is 0.0879 e. The van der Waals surface area contributed by atoms with Gasteiger partial charge in [0, 0.05) is 19.4 Å². The van der Waals surface area contributed by atoms with E-state index in [9.17, 15) is 10.4 Å². The highest BCUT2D eigenvalue weighted by molar-refractivity contribution is 5.13. The Morgan fingerprint density at radius 3 is 2.35 bits per heavy atom. The summed E-state index contributed by atoms with van der Waals surface area (Å²) in [5, 5.41) is 20.6. The van der Waals surface area contributed by atoms with E-state index in [0.29, 0.717) is 19.4 Å². The highest BCUT2D eigenvalue weighted by Gasteiger charge is 2.52. The summed E-state index contributed by atoms with van der Waals surface area (Å²) in [5.41, 5.74) is -1.36. The van der Waals surface area contributed by atoms with Crippen LogP contribution in [0.15, 0.2) is 0 Å². The highest BCUT2D eigenvalue weighted by atomic mass is 16.5. The lowest BCUT2D eigenvalue weighted by molar-refractivity contribution is -0.151. The number of nitrogens with zero attached hydrogens (tertiary/aromatic N) is 1. The second-order valence-electron chi connectivity index (χ2n) is 5.78. The third-order valence-corrected chi connectivity index (χ3v) is 4.61. The minimum atomic E-state index is -0.830. The molecule has 0 bridgehead atoms. The van der Waals surface area contributed by atoms with Crippen molar-refractivity contribution in [3.8, 4) is 6.07 Å². The van der Waals surface area contributed by atoms with Crippen LogP contribution in [0.5, 0.6) is 0 Å².